The van der Waals surface area contributed by atoms with Crippen LogP contribution in [0, 0.1) is 0 Å². The van der Waals surface area contributed by atoms with Crippen LogP contribution in [0.4, 0.5) is 0 Å². The van der Waals surface area contributed by atoms with E-state index in [-0.39, 0.29) is 5.92 Å². The molecule has 0 fully saturated rings. The summed E-state index contributed by atoms with van der Waals surface area (Å²) >= 11 is 5.22. The summed E-state index contributed by atoms with van der Waals surface area (Å²) in [6.07, 6.45) is 3.76. The SMILES string of the molecule is CN(Cc1nccn1C)CC(C(N)=S)c1ccccc1. The number of imidazole rings is 1. The van der Waals surface area contributed by atoms with Gasteiger partial charge in [0.25, 0.3) is 0 Å². The van der Waals surface area contributed by atoms with Crippen LogP contribution in [0.15, 0.2) is 42.7 Å². The number of nitrogens with two attached hydrogens (primary N) is 1. The molecule has 1 aromatic carbocycles. The van der Waals surface area contributed by atoms with Gasteiger partial charge in [-0.25, -0.2) is 4.98 Å². The van der Waals surface area contributed by atoms with Crippen molar-refractivity contribution in [1.82, 2.24) is 14.5 Å². The van der Waals surface area contributed by atoms with Gasteiger partial charge in [-0.15, -0.1) is 0 Å². The molecular formula is C15H20N4S. The van der Waals surface area contributed by atoms with Crippen molar-refractivity contribution < 1.29 is 0 Å². The van der Waals surface area contributed by atoms with E-state index in [0.29, 0.717) is 4.99 Å². The Balaban J connectivity index is 2.05. The molecule has 1 unspecified atom stereocenters. The number of aromatic nitrogens is 2. The van der Waals surface area contributed by atoms with E-state index >= 15 is 0 Å². The first-order valence-corrected chi connectivity index (χ1v) is 6.97. The molecule has 0 saturated carbocycles. The van der Waals surface area contributed by atoms with Gasteiger partial charge in [0.2, 0.25) is 0 Å². The summed E-state index contributed by atoms with van der Waals surface area (Å²) in [5.41, 5.74) is 7.06. The van der Waals surface area contributed by atoms with E-state index in [4.69, 9.17) is 18.0 Å². The van der Waals surface area contributed by atoms with E-state index in [0.717, 1.165) is 24.5 Å². The van der Waals surface area contributed by atoms with E-state index in [1.165, 1.54) is 0 Å². The molecule has 0 amide bonds. The number of likely N-dealkylation sites (N-methyl/N-ethyl adjacent to an activating group) is 1. The number of benzene rings is 1. The van der Waals surface area contributed by atoms with Crippen LogP contribution in [-0.4, -0.2) is 33.0 Å². The lowest BCUT2D eigenvalue weighted by Gasteiger charge is -2.23. The van der Waals surface area contributed by atoms with Gasteiger partial charge < -0.3 is 10.3 Å². The average molecular weight is 288 g/mol. The minimum absolute atomic E-state index is 0.0662. The topological polar surface area (TPSA) is 47.1 Å². The summed E-state index contributed by atoms with van der Waals surface area (Å²) in [7, 11) is 4.06. The number of nitrogens with zero attached hydrogens (tertiary/aromatic N) is 3. The third-order valence-electron chi connectivity index (χ3n) is 3.37. The minimum atomic E-state index is 0.0662. The fourth-order valence-corrected chi connectivity index (χ4v) is 2.42. The van der Waals surface area contributed by atoms with Crippen molar-refractivity contribution in [2.24, 2.45) is 12.8 Å². The molecule has 2 rings (SSSR count). The van der Waals surface area contributed by atoms with Gasteiger partial charge in [0.1, 0.15) is 5.82 Å². The van der Waals surface area contributed by atoms with Gasteiger partial charge in [0.15, 0.2) is 0 Å². The quantitative estimate of drug-likeness (QED) is 0.825. The van der Waals surface area contributed by atoms with Crippen molar-refractivity contribution in [3.63, 3.8) is 0 Å². The molecule has 2 aromatic rings. The Hall–Kier alpha value is -1.72. The highest BCUT2D eigenvalue weighted by Gasteiger charge is 2.17. The molecule has 5 heteroatoms. The molecule has 2 N–H and O–H groups in total. The molecule has 1 aromatic heterocycles. The summed E-state index contributed by atoms with van der Waals surface area (Å²) in [4.78, 5) is 7.06. The number of thiocarbonyl (C=S) groups is 1. The maximum Gasteiger partial charge on any atom is 0.122 e. The van der Waals surface area contributed by atoms with Gasteiger partial charge in [-0.1, -0.05) is 42.5 Å². The standard InChI is InChI=1S/C15H20N4S/c1-18(11-14-17-8-9-19(14)2)10-13(15(16)20)12-6-4-3-5-7-12/h3-9,13H,10-11H2,1-2H3,(H2,16,20). The summed E-state index contributed by atoms with van der Waals surface area (Å²) < 4.78 is 2.02. The van der Waals surface area contributed by atoms with Crippen molar-refractivity contribution in [3.05, 3.63) is 54.1 Å². The van der Waals surface area contributed by atoms with Gasteiger partial charge >= 0.3 is 0 Å². The van der Waals surface area contributed by atoms with E-state index in [1.54, 1.807) is 0 Å². The maximum absolute atomic E-state index is 5.90. The van der Waals surface area contributed by atoms with Crippen molar-refractivity contribution in [2.75, 3.05) is 13.6 Å². The Labute approximate surface area is 125 Å². The molecule has 4 nitrogen and oxygen atoms in total. The lowest BCUT2D eigenvalue weighted by atomic mass is 9.98. The summed E-state index contributed by atoms with van der Waals surface area (Å²) in [5, 5.41) is 0. The lowest BCUT2D eigenvalue weighted by molar-refractivity contribution is 0.312. The summed E-state index contributed by atoms with van der Waals surface area (Å²) in [6.45, 7) is 1.56. The van der Waals surface area contributed by atoms with Gasteiger partial charge in [-0.05, 0) is 12.6 Å². The fraction of sp³-hybridized carbons (Fsp3) is 0.333. The van der Waals surface area contributed by atoms with Crippen LogP contribution < -0.4 is 5.73 Å². The van der Waals surface area contributed by atoms with Crippen molar-refractivity contribution >= 4 is 17.2 Å². The molecule has 0 spiro atoms. The molecule has 0 bridgehead atoms. The fourth-order valence-electron chi connectivity index (χ4n) is 2.21. The normalized spacial score (nSPS) is 12.6. The molecule has 1 atom stereocenters. The van der Waals surface area contributed by atoms with Crippen LogP contribution in [0.3, 0.4) is 0 Å². The molecule has 0 aliphatic carbocycles. The minimum Gasteiger partial charge on any atom is -0.393 e. The van der Waals surface area contributed by atoms with Crippen LogP contribution >= 0.6 is 12.2 Å². The Kier molecular flexibility index (Phi) is 4.87. The van der Waals surface area contributed by atoms with Gasteiger partial charge in [0.05, 0.1) is 11.5 Å². The summed E-state index contributed by atoms with van der Waals surface area (Å²) in [5.74, 6) is 1.10. The van der Waals surface area contributed by atoms with E-state index in [9.17, 15) is 0 Å². The van der Waals surface area contributed by atoms with Crippen molar-refractivity contribution in [3.8, 4) is 0 Å². The molecule has 0 saturated heterocycles. The molecule has 0 aliphatic rings. The van der Waals surface area contributed by atoms with Crippen molar-refractivity contribution in [2.45, 2.75) is 12.5 Å². The van der Waals surface area contributed by atoms with E-state index in [1.807, 2.05) is 42.2 Å². The predicted octanol–water partition coefficient (Wildman–Crippen LogP) is 1.92. The zero-order valence-corrected chi connectivity index (χ0v) is 12.7. The second-order valence-corrected chi connectivity index (χ2v) is 5.49. The average Bonchev–Trinajstić information content (AvgIpc) is 2.82. The second kappa shape index (κ2) is 6.63. The highest BCUT2D eigenvalue weighted by molar-refractivity contribution is 7.80. The Morgan fingerprint density at radius 1 is 1.40 bits per heavy atom. The molecule has 1 heterocycles. The first-order valence-electron chi connectivity index (χ1n) is 6.57. The zero-order chi connectivity index (χ0) is 14.5. The van der Waals surface area contributed by atoms with Gasteiger partial charge in [-0.3, -0.25) is 4.90 Å². The third kappa shape index (κ3) is 3.65. The Morgan fingerprint density at radius 2 is 2.10 bits per heavy atom. The monoisotopic (exact) mass is 288 g/mol. The maximum atomic E-state index is 5.90. The molecule has 106 valence electrons. The first kappa shape index (κ1) is 14.7. The highest BCUT2D eigenvalue weighted by Crippen LogP contribution is 2.17. The largest absolute Gasteiger partial charge is 0.393 e. The number of hydrogen-bond acceptors (Lipinski definition) is 3. The third-order valence-corrected chi connectivity index (χ3v) is 3.66. The van der Waals surface area contributed by atoms with E-state index in [2.05, 4.69) is 29.1 Å². The lowest BCUT2D eigenvalue weighted by Crippen LogP contribution is -2.32. The summed E-state index contributed by atoms with van der Waals surface area (Å²) in [6, 6.07) is 10.2. The molecule has 20 heavy (non-hydrogen) atoms. The Morgan fingerprint density at radius 3 is 2.65 bits per heavy atom. The van der Waals surface area contributed by atoms with Crippen LogP contribution in [0.1, 0.15) is 17.3 Å². The smallest absolute Gasteiger partial charge is 0.122 e. The Bertz CT molecular complexity index is 564. The van der Waals surface area contributed by atoms with Crippen LogP contribution in [0.5, 0.6) is 0 Å². The predicted molar refractivity (Wildman–Crippen MR) is 85.5 cm³/mol. The number of rotatable bonds is 6. The van der Waals surface area contributed by atoms with Gasteiger partial charge in [-0.2, -0.15) is 0 Å². The molecular weight excluding hydrogens is 268 g/mol. The van der Waals surface area contributed by atoms with Crippen molar-refractivity contribution in [1.29, 1.82) is 0 Å². The zero-order valence-electron chi connectivity index (χ0n) is 11.9. The van der Waals surface area contributed by atoms with E-state index < -0.39 is 0 Å². The molecule has 0 aliphatic heterocycles. The molecule has 0 radical (unpaired) electrons. The number of aryl methyl sites for hydroxylation is 1. The number of hydrogen-bond donors (Lipinski definition) is 1. The second-order valence-electron chi connectivity index (χ2n) is 5.02. The van der Waals surface area contributed by atoms with Gasteiger partial charge in [0, 0.05) is 31.9 Å². The highest BCUT2D eigenvalue weighted by atomic mass is 32.1. The van der Waals surface area contributed by atoms with Crippen LogP contribution in [-0.2, 0) is 13.6 Å². The first-order chi connectivity index (χ1) is 9.58. The van der Waals surface area contributed by atoms with Crippen LogP contribution in [0.2, 0.25) is 0 Å². The van der Waals surface area contributed by atoms with Crippen LogP contribution in [0.25, 0.3) is 0 Å².